The highest BCUT2D eigenvalue weighted by atomic mass is 35.5. The van der Waals surface area contributed by atoms with Gasteiger partial charge in [0.2, 0.25) is 0 Å². The first-order valence-corrected chi connectivity index (χ1v) is 14.2. The molecule has 10 heteroatoms. The zero-order valence-electron chi connectivity index (χ0n) is 18.5. The molecule has 0 aliphatic rings. The van der Waals surface area contributed by atoms with Gasteiger partial charge < -0.3 is 5.32 Å². The van der Waals surface area contributed by atoms with E-state index in [9.17, 15) is 13.2 Å². The minimum absolute atomic E-state index is 0.0130. The van der Waals surface area contributed by atoms with Crippen LogP contribution in [-0.4, -0.2) is 14.3 Å². The van der Waals surface area contributed by atoms with Crippen molar-refractivity contribution in [3.63, 3.8) is 0 Å². The van der Waals surface area contributed by atoms with Crippen molar-refractivity contribution in [2.24, 2.45) is 0 Å². The van der Waals surface area contributed by atoms with Gasteiger partial charge in [-0.05, 0) is 78.4 Å². The minimum Gasteiger partial charge on any atom is -0.322 e. The van der Waals surface area contributed by atoms with E-state index in [2.05, 4.69) is 10.0 Å². The van der Waals surface area contributed by atoms with Gasteiger partial charge in [-0.2, -0.15) is 0 Å². The van der Waals surface area contributed by atoms with E-state index in [1.165, 1.54) is 30.3 Å². The maximum atomic E-state index is 12.7. The van der Waals surface area contributed by atoms with Gasteiger partial charge >= 0.3 is 0 Å². The highest BCUT2D eigenvalue weighted by Gasteiger charge is 2.17. The van der Waals surface area contributed by atoms with E-state index >= 15 is 0 Å². The summed E-state index contributed by atoms with van der Waals surface area (Å²) in [6.07, 6.45) is 0. The monoisotopic (exact) mass is 576 g/mol. The van der Waals surface area contributed by atoms with Crippen LogP contribution in [0, 0.1) is 0 Å². The number of sulfonamides is 1. The highest BCUT2D eigenvalue weighted by Crippen LogP contribution is 2.31. The number of thioether (sulfide) groups is 1. The van der Waals surface area contributed by atoms with Crippen molar-refractivity contribution in [1.29, 1.82) is 0 Å². The molecule has 0 atom stereocenters. The lowest BCUT2D eigenvalue weighted by atomic mass is 10.1. The first-order chi connectivity index (χ1) is 17.2. The Morgan fingerprint density at radius 2 is 1.47 bits per heavy atom. The van der Waals surface area contributed by atoms with Crippen molar-refractivity contribution in [3.05, 3.63) is 117 Å². The number of halogens is 3. The second-order valence-corrected chi connectivity index (χ2v) is 11.6. The van der Waals surface area contributed by atoms with Crippen molar-refractivity contribution in [1.82, 2.24) is 0 Å². The number of rotatable bonds is 8. The lowest BCUT2D eigenvalue weighted by molar-refractivity contribution is 0.102. The standard InChI is InChI=1S/C26H19Cl3N2O3S2/c27-19-8-12-21(13-9-19)35-16-17-4-6-18(7-5-17)26(32)30-20-10-14-22(15-11-20)36(33,34)31-24-3-1-2-23(28)25(24)29/h1-15,31H,16H2,(H,30,32). The molecule has 0 fully saturated rings. The molecule has 0 spiro atoms. The second kappa shape index (κ2) is 11.6. The van der Waals surface area contributed by atoms with Gasteiger partial charge in [0.25, 0.3) is 15.9 Å². The summed E-state index contributed by atoms with van der Waals surface area (Å²) in [5.74, 6) is 0.458. The SMILES string of the molecule is O=C(Nc1ccc(S(=O)(=O)Nc2cccc(Cl)c2Cl)cc1)c1ccc(CSc2ccc(Cl)cc2)cc1. The van der Waals surface area contributed by atoms with Crippen LogP contribution in [0.25, 0.3) is 0 Å². The molecule has 0 unspecified atom stereocenters. The fraction of sp³-hybridized carbons (Fsp3) is 0.0385. The van der Waals surface area contributed by atoms with Crippen molar-refractivity contribution >= 4 is 73.9 Å². The molecule has 5 nitrogen and oxygen atoms in total. The predicted octanol–water partition coefficient (Wildman–Crippen LogP) is 7.99. The van der Waals surface area contributed by atoms with E-state index in [1.807, 2.05) is 36.4 Å². The molecule has 2 N–H and O–H groups in total. The topological polar surface area (TPSA) is 75.3 Å². The van der Waals surface area contributed by atoms with Gasteiger partial charge in [0.1, 0.15) is 0 Å². The molecule has 1 amide bonds. The number of carbonyl (C=O) groups excluding carboxylic acids is 1. The molecule has 0 saturated heterocycles. The maximum absolute atomic E-state index is 12.7. The van der Waals surface area contributed by atoms with Crippen LogP contribution in [0.15, 0.2) is 101 Å². The molecule has 184 valence electrons. The van der Waals surface area contributed by atoms with Crippen molar-refractivity contribution in [2.75, 3.05) is 10.0 Å². The summed E-state index contributed by atoms with van der Waals surface area (Å²) in [4.78, 5) is 13.8. The van der Waals surface area contributed by atoms with Gasteiger partial charge in [-0.3, -0.25) is 9.52 Å². The molecular weight excluding hydrogens is 559 g/mol. The summed E-state index contributed by atoms with van der Waals surface area (Å²) in [7, 11) is -3.90. The number of nitrogens with one attached hydrogen (secondary N) is 2. The van der Waals surface area contributed by atoms with Gasteiger partial charge in [-0.25, -0.2) is 8.42 Å². The van der Waals surface area contributed by atoms with Gasteiger partial charge in [-0.1, -0.05) is 53.0 Å². The number of anilines is 2. The largest absolute Gasteiger partial charge is 0.322 e. The lowest BCUT2D eigenvalue weighted by Crippen LogP contribution is -2.14. The Kier molecular flexibility index (Phi) is 8.49. The summed E-state index contributed by atoms with van der Waals surface area (Å²) < 4.78 is 27.8. The van der Waals surface area contributed by atoms with Crippen LogP contribution < -0.4 is 10.0 Å². The Bertz CT molecular complexity index is 1480. The van der Waals surface area contributed by atoms with Crippen LogP contribution in [0.3, 0.4) is 0 Å². The molecule has 0 aliphatic carbocycles. The zero-order valence-corrected chi connectivity index (χ0v) is 22.4. The van der Waals surface area contributed by atoms with E-state index in [-0.39, 0.29) is 26.5 Å². The molecule has 4 aromatic carbocycles. The van der Waals surface area contributed by atoms with Gasteiger partial charge in [-0.15, -0.1) is 11.8 Å². The van der Waals surface area contributed by atoms with Crippen molar-refractivity contribution in [2.45, 2.75) is 15.5 Å². The summed E-state index contributed by atoms with van der Waals surface area (Å²) in [6, 6.07) is 25.4. The smallest absolute Gasteiger partial charge is 0.261 e. The average molecular weight is 578 g/mol. The summed E-state index contributed by atoms with van der Waals surface area (Å²) in [6.45, 7) is 0. The van der Waals surface area contributed by atoms with Crippen LogP contribution in [0.2, 0.25) is 15.1 Å². The van der Waals surface area contributed by atoms with Gasteiger partial charge in [0, 0.05) is 26.9 Å². The minimum atomic E-state index is -3.90. The van der Waals surface area contributed by atoms with Crippen LogP contribution in [0.4, 0.5) is 11.4 Å². The molecule has 0 aliphatic heterocycles. The number of benzene rings is 4. The molecule has 0 heterocycles. The van der Waals surface area contributed by atoms with E-state index < -0.39 is 10.0 Å². The summed E-state index contributed by atoms with van der Waals surface area (Å²) in [5, 5.41) is 3.83. The molecular formula is C26H19Cl3N2O3S2. The predicted molar refractivity (Wildman–Crippen MR) is 149 cm³/mol. The number of hydrogen-bond acceptors (Lipinski definition) is 4. The van der Waals surface area contributed by atoms with Crippen LogP contribution >= 0.6 is 46.6 Å². The Morgan fingerprint density at radius 1 is 0.806 bits per heavy atom. The van der Waals surface area contributed by atoms with Gasteiger partial charge in [0.05, 0.1) is 20.6 Å². The lowest BCUT2D eigenvalue weighted by Gasteiger charge is -2.11. The van der Waals surface area contributed by atoms with Crippen LogP contribution in [0.1, 0.15) is 15.9 Å². The van der Waals surface area contributed by atoms with E-state index in [0.29, 0.717) is 16.3 Å². The molecule has 0 saturated carbocycles. The third kappa shape index (κ3) is 6.75. The third-order valence-corrected chi connectivity index (χ3v) is 8.59. The fourth-order valence-corrected chi connectivity index (χ4v) is 5.61. The number of carbonyl (C=O) groups is 1. The molecule has 4 aromatic rings. The van der Waals surface area contributed by atoms with Crippen molar-refractivity contribution < 1.29 is 13.2 Å². The van der Waals surface area contributed by atoms with Crippen LogP contribution in [-0.2, 0) is 15.8 Å². The Morgan fingerprint density at radius 3 is 2.14 bits per heavy atom. The summed E-state index contributed by atoms with van der Waals surface area (Å²) >= 11 is 19.6. The molecule has 36 heavy (non-hydrogen) atoms. The Balaban J connectivity index is 1.36. The Hall–Kier alpha value is -2.68. The first kappa shape index (κ1) is 26.4. The third-order valence-electron chi connectivity index (χ3n) is 5.05. The molecule has 0 aromatic heterocycles. The molecule has 0 bridgehead atoms. The van der Waals surface area contributed by atoms with E-state index in [0.717, 1.165) is 16.2 Å². The normalized spacial score (nSPS) is 11.2. The second-order valence-electron chi connectivity index (χ2n) is 7.62. The van der Waals surface area contributed by atoms with Crippen molar-refractivity contribution in [3.8, 4) is 0 Å². The van der Waals surface area contributed by atoms with Crippen LogP contribution in [0.5, 0.6) is 0 Å². The fourth-order valence-electron chi connectivity index (χ4n) is 3.16. The van der Waals surface area contributed by atoms with E-state index in [4.69, 9.17) is 34.8 Å². The maximum Gasteiger partial charge on any atom is 0.261 e. The summed E-state index contributed by atoms with van der Waals surface area (Å²) in [5.41, 5.74) is 2.20. The number of amides is 1. The zero-order chi connectivity index (χ0) is 25.7. The van der Waals surface area contributed by atoms with E-state index in [1.54, 1.807) is 36.0 Å². The molecule has 0 radical (unpaired) electrons. The Labute approximate surface area is 228 Å². The quantitative estimate of drug-likeness (QED) is 0.208. The van der Waals surface area contributed by atoms with Gasteiger partial charge in [0.15, 0.2) is 0 Å². The molecule has 4 rings (SSSR count). The first-order valence-electron chi connectivity index (χ1n) is 10.6. The average Bonchev–Trinajstić information content (AvgIpc) is 2.87. The highest BCUT2D eigenvalue weighted by molar-refractivity contribution is 7.98. The number of hydrogen-bond donors (Lipinski definition) is 2.